The summed E-state index contributed by atoms with van der Waals surface area (Å²) in [4.78, 5) is 23.7. The molecule has 0 fully saturated rings. The van der Waals surface area contributed by atoms with Crippen LogP contribution < -0.4 is 4.90 Å². The number of anilines is 1. The van der Waals surface area contributed by atoms with Crippen molar-refractivity contribution in [2.75, 3.05) is 4.90 Å². The fourth-order valence-electron chi connectivity index (χ4n) is 2.82. The molecule has 0 bridgehead atoms. The van der Waals surface area contributed by atoms with Crippen LogP contribution in [0.15, 0.2) is 55.0 Å². The molecule has 1 aromatic carbocycles. The molecule has 3 heterocycles. The molecule has 0 N–H and O–H groups in total. The van der Waals surface area contributed by atoms with Crippen molar-refractivity contribution in [3.63, 3.8) is 0 Å². The predicted molar refractivity (Wildman–Crippen MR) is 102 cm³/mol. The van der Waals surface area contributed by atoms with Gasteiger partial charge < -0.3 is 0 Å². The monoisotopic (exact) mass is 363 g/mol. The summed E-state index contributed by atoms with van der Waals surface area (Å²) >= 11 is 1.50. The second-order valence-corrected chi connectivity index (χ2v) is 7.06. The Balaban J connectivity index is 1.78. The summed E-state index contributed by atoms with van der Waals surface area (Å²) in [5.74, 6) is -0.161. The van der Waals surface area contributed by atoms with Gasteiger partial charge in [-0.1, -0.05) is 29.5 Å². The molecule has 0 saturated heterocycles. The maximum atomic E-state index is 13.3. The lowest BCUT2D eigenvalue weighted by Gasteiger charge is -2.19. The van der Waals surface area contributed by atoms with Gasteiger partial charge in [0.1, 0.15) is 0 Å². The highest BCUT2D eigenvalue weighted by molar-refractivity contribution is 7.22. The van der Waals surface area contributed by atoms with Gasteiger partial charge in [-0.3, -0.25) is 19.4 Å². The van der Waals surface area contributed by atoms with Crippen molar-refractivity contribution in [2.24, 2.45) is 7.05 Å². The van der Waals surface area contributed by atoms with Gasteiger partial charge in [0.2, 0.25) is 0 Å². The Kier molecular flexibility index (Phi) is 4.22. The molecule has 0 atom stereocenters. The Morgan fingerprint density at radius 1 is 1.23 bits per heavy atom. The average molecular weight is 363 g/mol. The lowest BCUT2D eigenvalue weighted by Crippen LogP contribution is -2.31. The second-order valence-electron chi connectivity index (χ2n) is 6.05. The quantitative estimate of drug-likeness (QED) is 0.556. The molecular weight excluding hydrogens is 346 g/mol. The highest BCUT2D eigenvalue weighted by Gasteiger charge is 2.25. The van der Waals surface area contributed by atoms with Crippen molar-refractivity contribution < 1.29 is 4.79 Å². The third-order valence-electron chi connectivity index (χ3n) is 4.04. The van der Waals surface area contributed by atoms with Gasteiger partial charge in [-0.15, -0.1) is 0 Å². The zero-order chi connectivity index (χ0) is 18.1. The van der Waals surface area contributed by atoms with Crippen LogP contribution in [-0.4, -0.2) is 25.7 Å². The summed E-state index contributed by atoms with van der Waals surface area (Å²) < 4.78 is 2.70. The van der Waals surface area contributed by atoms with Gasteiger partial charge >= 0.3 is 0 Å². The number of benzene rings is 1. The molecule has 0 radical (unpaired) electrons. The van der Waals surface area contributed by atoms with E-state index in [4.69, 9.17) is 0 Å². The molecule has 4 rings (SSSR count). The van der Waals surface area contributed by atoms with E-state index in [1.807, 2.05) is 56.6 Å². The third kappa shape index (κ3) is 3.09. The van der Waals surface area contributed by atoms with Crippen LogP contribution in [0.25, 0.3) is 10.2 Å². The molecule has 26 heavy (non-hydrogen) atoms. The van der Waals surface area contributed by atoms with Gasteiger partial charge in [-0.2, -0.15) is 5.10 Å². The Hall–Kier alpha value is -3.06. The van der Waals surface area contributed by atoms with Gasteiger partial charge in [0.05, 0.1) is 16.8 Å². The van der Waals surface area contributed by atoms with E-state index in [2.05, 4.69) is 15.1 Å². The Morgan fingerprint density at radius 2 is 2.08 bits per heavy atom. The maximum absolute atomic E-state index is 13.3. The van der Waals surface area contributed by atoms with Crippen molar-refractivity contribution in [1.29, 1.82) is 0 Å². The Labute approximate surface area is 154 Å². The number of aryl methyl sites for hydroxylation is 2. The summed E-state index contributed by atoms with van der Waals surface area (Å²) in [6.07, 6.45) is 5.32. The number of amides is 1. The van der Waals surface area contributed by atoms with Crippen LogP contribution in [0, 0.1) is 6.92 Å². The first-order chi connectivity index (χ1) is 12.6. The number of carbonyl (C=O) groups excluding carboxylic acids is 1. The topological polar surface area (TPSA) is 63.9 Å². The van der Waals surface area contributed by atoms with E-state index < -0.39 is 0 Å². The number of aromatic nitrogens is 4. The first-order valence-corrected chi connectivity index (χ1v) is 9.00. The second kappa shape index (κ2) is 6.68. The standard InChI is InChI=1S/C19H17N5OS/c1-13-11-23(2)22-17(13)18(25)24(12-14-6-5-9-20-10-14)19-21-15-7-3-4-8-16(15)26-19/h3-11H,12H2,1-2H3. The van der Waals surface area contributed by atoms with Gasteiger partial charge in [0.25, 0.3) is 5.91 Å². The number of pyridine rings is 1. The lowest BCUT2D eigenvalue weighted by atomic mass is 10.2. The van der Waals surface area contributed by atoms with E-state index in [-0.39, 0.29) is 5.91 Å². The molecular formula is C19H17N5OS. The van der Waals surface area contributed by atoms with Gasteiger partial charge in [0.15, 0.2) is 10.8 Å². The smallest absolute Gasteiger partial charge is 0.278 e. The number of rotatable bonds is 4. The third-order valence-corrected chi connectivity index (χ3v) is 5.10. The van der Waals surface area contributed by atoms with Gasteiger partial charge in [-0.25, -0.2) is 4.98 Å². The van der Waals surface area contributed by atoms with E-state index in [0.29, 0.717) is 17.4 Å². The number of fused-ring (bicyclic) bond motifs is 1. The Bertz CT molecular complexity index is 1040. The average Bonchev–Trinajstić information content (AvgIpc) is 3.22. The first kappa shape index (κ1) is 16.4. The van der Waals surface area contributed by atoms with Gasteiger partial charge in [-0.05, 0) is 30.7 Å². The Morgan fingerprint density at radius 3 is 2.77 bits per heavy atom. The molecule has 0 unspecified atom stereocenters. The largest absolute Gasteiger partial charge is 0.281 e. The van der Waals surface area contributed by atoms with E-state index in [0.717, 1.165) is 21.3 Å². The van der Waals surface area contributed by atoms with Crippen LogP contribution in [0.3, 0.4) is 0 Å². The van der Waals surface area contributed by atoms with E-state index in [1.165, 1.54) is 11.3 Å². The summed E-state index contributed by atoms with van der Waals surface area (Å²) in [6.45, 7) is 2.28. The molecule has 0 aliphatic carbocycles. The van der Waals surface area contributed by atoms with Crippen molar-refractivity contribution >= 4 is 32.6 Å². The number of thiazole rings is 1. The van der Waals surface area contributed by atoms with E-state index in [9.17, 15) is 4.79 Å². The molecule has 0 spiro atoms. The summed E-state index contributed by atoms with van der Waals surface area (Å²) in [5, 5.41) is 5.00. The number of hydrogen-bond donors (Lipinski definition) is 0. The minimum absolute atomic E-state index is 0.161. The minimum atomic E-state index is -0.161. The van der Waals surface area contributed by atoms with Crippen molar-refractivity contribution in [3.05, 3.63) is 71.8 Å². The zero-order valence-corrected chi connectivity index (χ0v) is 15.3. The normalized spacial score (nSPS) is 11.0. The fourth-order valence-corrected chi connectivity index (χ4v) is 3.79. The number of nitrogens with zero attached hydrogens (tertiary/aromatic N) is 5. The molecule has 1 amide bonds. The van der Waals surface area contributed by atoms with Crippen LogP contribution in [0.1, 0.15) is 21.6 Å². The molecule has 6 nitrogen and oxygen atoms in total. The minimum Gasteiger partial charge on any atom is -0.278 e. The van der Waals surface area contributed by atoms with Crippen molar-refractivity contribution in [3.8, 4) is 0 Å². The zero-order valence-electron chi connectivity index (χ0n) is 14.5. The van der Waals surface area contributed by atoms with Crippen LogP contribution in [-0.2, 0) is 13.6 Å². The summed E-state index contributed by atoms with van der Waals surface area (Å²) in [6, 6.07) is 11.7. The summed E-state index contributed by atoms with van der Waals surface area (Å²) in [7, 11) is 1.81. The highest BCUT2D eigenvalue weighted by atomic mass is 32.1. The molecule has 4 aromatic rings. The van der Waals surface area contributed by atoms with Crippen LogP contribution in [0.5, 0.6) is 0 Å². The van der Waals surface area contributed by atoms with Crippen LogP contribution in [0.4, 0.5) is 5.13 Å². The molecule has 0 saturated carbocycles. The van der Waals surface area contributed by atoms with Crippen molar-refractivity contribution in [1.82, 2.24) is 19.7 Å². The lowest BCUT2D eigenvalue weighted by molar-refractivity contribution is 0.0979. The van der Waals surface area contributed by atoms with E-state index >= 15 is 0 Å². The SMILES string of the molecule is Cc1cn(C)nc1C(=O)N(Cc1cccnc1)c1nc2ccccc2s1. The van der Waals surface area contributed by atoms with E-state index in [1.54, 1.807) is 22.0 Å². The molecule has 0 aliphatic heterocycles. The molecule has 7 heteroatoms. The predicted octanol–water partition coefficient (Wildman–Crippen LogP) is 3.58. The van der Waals surface area contributed by atoms with Crippen molar-refractivity contribution in [2.45, 2.75) is 13.5 Å². The first-order valence-electron chi connectivity index (χ1n) is 8.18. The number of hydrogen-bond acceptors (Lipinski definition) is 5. The maximum Gasteiger partial charge on any atom is 0.281 e. The number of carbonyl (C=O) groups is 1. The molecule has 130 valence electrons. The van der Waals surface area contributed by atoms with Crippen LogP contribution >= 0.6 is 11.3 Å². The highest BCUT2D eigenvalue weighted by Crippen LogP contribution is 2.30. The number of para-hydroxylation sites is 1. The summed E-state index contributed by atoms with van der Waals surface area (Å²) in [5.41, 5.74) is 3.10. The molecule has 0 aliphatic rings. The fraction of sp³-hybridized carbons (Fsp3) is 0.158. The van der Waals surface area contributed by atoms with Gasteiger partial charge in [0, 0.05) is 31.2 Å². The molecule has 3 aromatic heterocycles. The van der Waals surface area contributed by atoms with Crippen LogP contribution in [0.2, 0.25) is 0 Å².